The molecule has 0 aromatic heterocycles. The smallest absolute Gasteiger partial charge is 0.272 e. The molecule has 22 heavy (non-hydrogen) atoms. The first kappa shape index (κ1) is 15.8. The van der Waals surface area contributed by atoms with Gasteiger partial charge in [0.15, 0.2) is 0 Å². The van der Waals surface area contributed by atoms with Crippen molar-refractivity contribution in [3.63, 3.8) is 0 Å². The third-order valence-corrected chi connectivity index (χ3v) is 3.36. The number of rotatable bonds is 4. The fourth-order valence-electron chi connectivity index (χ4n) is 1.95. The van der Waals surface area contributed by atoms with E-state index in [1.807, 2.05) is 0 Å². The van der Waals surface area contributed by atoms with E-state index in [4.69, 9.17) is 16.3 Å². The lowest BCUT2D eigenvalue weighted by molar-refractivity contribution is -0.385. The molecule has 7 heteroatoms. The number of amides is 1. The van der Waals surface area contributed by atoms with Crippen LogP contribution in [0.1, 0.15) is 15.9 Å². The molecule has 0 bridgehead atoms. The zero-order valence-corrected chi connectivity index (χ0v) is 12.7. The highest BCUT2D eigenvalue weighted by molar-refractivity contribution is 6.32. The van der Waals surface area contributed by atoms with E-state index < -0.39 is 4.92 Å². The second kappa shape index (κ2) is 6.44. The van der Waals surface area contributed by atoms with E-state index in [1.54, 1.807) is 25.1 Å². The van der Waals surface area contributed by atoms with Crippen molar-refractivity contribution in [1.29, 1.82) is 0 Å². The number of aryl methyl sites for hydroxylation is 1. The van der Waals surface area contributed by atoms with Crippen molar-refractivity contribution in [2.45, 2.75) is 6.92 Å². The van der Waals surface area contributed by atoms with Gasteiger partial charge in [0.25, 0.3) is 11.6 Å². The molecule has 0 aliphatic carbocycles. The number of carbonyl (C=O) groups excluding carboxylic acids is 1. The summed E-state index contributed by atoms with van der Waals surface area (Å²) in [4.78, 5) is 22.4. The molecule has 0 heterocycles. The topological polar surface area (TPSA) is 81.5 Å². The molecular weight excluding hydrogens is 308 g/mol. The van der Waals surface area contributed by atoms with Gasteiger partial charge >= 0.3 is 0 Å². The van der Waals surface area contributed by atoms with Crippen LogP contribution in [0.4, 0.5) is 11.4 Å². The maximum absolute atomic E-state index is 12.2. The van der Waals surface area contributed by atoms with Gasteiger partial charge in [-0.25, -0.2) is 0 Å². The summed E-state index contributed by atoms with van der Waals surface area (Å²) in [5.74, 6) is 0.130. The van der Waals surface area contributed by atoms with Gasteiger partial charge in [0.1, 0.15) is 5.75 Å². The van der Waals surface area contributed by atoms with Crippen LogP contribution in [0.2, 0.25) is 5.02 Å². The Hall–Kier alpha value is -2.60. The summed E-state index contributed by atoms with van der Waals surface area (Å²) in [5.41, 5.74) is 1.23. The largest absolute Gasteiger partial charge is 0.495 e. The molecule has 1 N–H and O–H groups in total. The van der Waals surface area contributed by atoms with E-state index in [-0.39, 0.29) is 11.6 Å². The van der Waals surface area contributed by atoms with Gasteiger partial charge in [-0.2, -0.15) is 0 Å². The molecule has 1 amide bonds. The zero-order chi connectivity index (χ0) is 16.3. The summed E-state index contributed by atoms with van der Waals surface area (Å²) in [7, 11) is 1.50. The maximum atomic E-state index is 12.2. The van der Waals surface area contributed by atoms with Gasteiger partial charge in [0.05, 0.1) is 17.1 Å². The first-order valence-electron chi connectivity index (χ1n) is 6.32. The summed E-state index contributed by atoms with van der Waals surface area (Å²) in [6.07, 6.45) is 0. The average molecular weight is 321 g/mol. The zero-order valence-electron chi connectivity index (χ0n) is 11.9. The number of anilines is 1. The van der Waals surface area contributed by atoms with Crippen LogP contribution in [0, 0.1) is 17.0 Å². The minimum atomic E-state index is -0.486. The lowest BCUT2D eigenvalue weighted by Gasteiger charge is -2.08. The van der Waals surface area contributed by atoms with Crippen LogP contribution in [-0.2, 0) is 0 Å². The predicted molar refractivity (Wildman–Crippen MR) is 83.8 cm³/mol. The molecule has 2 aromatic carbocycles. The highest BCUT2D eigenvalue weighted by atomic mass is 35.5. The first-order valence-corrected chi connectivity index (χ1v) is 6.70. The van der Waals surface area contributed by atoms with Crippen LogP contribution in [0.15, 0.2) is 36.4 Å². The van der Waals surface area contributed by atoms with Crippen LogP contribution in [-0.4, -0.2) is 17.9 Å². The molecule has 0 aliphatic rings. The van der Waals surface area contributed by atoms with E-state index in [0.717, 1.165) is 0 Å². The van der Waals surface area contributed by atoms with Gasteiger partial charge < -0.3 is 10.1 Å². The highest BCUT2D eigenvalue weighted by Gasteiger charge is 2.14. The molecule has 0 saturated heterocycles. The molecule has 0 fully saturated rings. The number of halogens is 1. The van der Waals surface area contributed by atoms with Gasteiger partial charge in [-0.1, -0.05) is 11.6 Å². The summed E-state index contributed by atoms with van der Waals surface area (Å²) < 4.78 is 5.03. The first-order chi connectivity index (χ1) is 10.4. The Morgan fingerprint density at radius 2 is 2.00 bits per heavy atom. The third-order valence-electron chi connectivity index (χ3n) is 3.07. The second-order valence-electron chi connectivity index (χ2n) is 4.56. The molecule has 0 aliphatic heterocycles. The van der Waals surface area contributed by atoms with Crippen molar-refractivity contribution in [1.82, 2.24) is 0 Å². The number of benzene rings is 2. The average Bonchev–Trinajstić information content (AvgIpc) is 2.46. The Bertz CT molecular complexity index is 746. The predicted octanol–water partition coefficient (Wildman–Crippen LogP) is 3.82. The van der Waals surface area contributed by atoms with Crippen LogP contribution in [0.25, 0.3) is 0 Å². The Balaban J connectivity index is 2.20. The summed E-state index contributed by atoms with van der Waals surface area (Å²) in [5, 5.41) is 13.8. The number of carbonyl (C=O) groups is 1. The molecule has 6 nitrogen and oxygen atoms in total. The van der Waals surface area contributed by atoms with Crippen LogP contribution in [0.3, 0.4) is 0 Å². The number of ether oxygens (including phenoxy) is 1. The molecule has 2 rings (SSSR count). The van der Waals surface area contributed by atoms with Crippen LogP contribution in [0.5, 0.6) is 5.75 Å². The highest BCUT2D eigenvalue weighted by Crippen LogP contribution is 2.27. The van der Waals surface area contributed by atoms with Gasteiger partial charge in [-0.15, -0.1) is 0 Å². The fraction of sp³-hybridized carbons (Fsp3) is 0.133. The van der Waals surface area contributed by atoms with Gasteiger partial charge in [0, 0.05) is 22.9 Å². The lowest BCUT2D eigenvalue weighted by atomic mass is 10.1. The Labute approximate surface area is 131 Å². The van der Waals surface area contributed by atoms with Crippen molar-refractivity contribution < 1.29 is 14.5 Å². The number of nitrogens with zero attached hydrogens (tertiary/aromatic N) is 1. The molecule has 0 atom stereocenters. The number of hydrogen-bond donors (Lipinski definition) is 1. The molecule has 0 radical (unpaired) electrons. The Morgan fingerprint density at radius 3 is 2.55 bits per heavy atom. The number of nitrogens with one attached hydrogen (secondary N) is 1. The van der Waals surface area contributed by atoms with E-state index in [0.29, 0.717) is 27.6 Å². The van der Waals surface area contributed by atoms with Crippen molar-refractivity contribution in [2.24, 2.45) is 0 Å². The minimum absolute atomic E-state index is 0.0240. The number of hydrogen-bond acceptors (Lipinski definition) is 4. The van der Waals surface area contributed by atoms with Gasteiger partial charge in [0.2, 0.25) is 0 Å². The van der Waals surface area contributed by atoms with Crippen molar-refractivity contribution in [3.8, 4) is 5.75 Å². The molecule has 0 saturated carbocycles. The quantitative estimate of drug-likeness (QED) is 0.686. The van der Waals surface area contributed by atoms with Crippen molar-refractivity contribution >= 4 is 28.9 Å². The SMILES string of the molecule is COc1ccc(NC(=O)c2ccc([N+](=O)[O-])c(C)c2)cc1Cl. The Kier molecular flexibility index (Phi) is 4.62. The van der Waals surface area contributed by atoms with Crippen molar-refractivity contribution in [3.05, 3.63) is 62.7 Å². The molecule has 2 aromatic rings. The van der Waals surface area contributed by atoms with Crippen LogP contribution < -0.4 is 10.1 Å². The molecule has 0 unspecified atom stereocenters. The fourth-order valence-corrected chi connectivity index (χ4v) is 2.21. The summed E-state index contributed by atoms with van der Waals surface area (Å²) >= 11 is 5.99. The molecular formula is C15H13ClN2O4. The maximum Gasteiger partial charge on any atom is 0.272 e. The minimum Gasteiger partial charge on any atom is -0.495 e. The van der Waals surface area contributed by atoms with E-state index in [9.17, 15) is 14.9 Å². The van der Waals surface area contributed by atoms with E-state index >= 15 is 0 Å². The normalized spacial score (nSPS) is 10.1. The van der Waals surface area contributed by atoms with Gasteiger partial charge in [-0.05, 0) is 37.3 Å². The van der Waals surface area contributed by atoms with Crippen molar-refractivity contribution in [2.75, 3.05) is 12.4 Å². The summed E-state index contributed by atoms with van der Waals surface area (Å²) in [6, 6.07) is 9.05. The van der Waals surface area contributed by atoms with E-state index in [1.165, 1.54) is 25.3 Å². The summed E-state index contributed by atoms with van der Waals surface area (Å²) in [6.45, 7) is 1.58. The number of nitro benzene ring substituents is 1. The second-order valence-corrected chi connectivity index (χ2v) is 4.97. The Morgan fingerprint density at radius 1 is 1.27 bits per heavy atom. The number of methoxy groups -OCH3 is 1. The third kappa shape index (κ3) is 3.35. The van der Waals surface area contributed by atoms with E-state index in [2.05, 4.69) is 5.32 Å². The van der Waals surface area contributed by atoms with Crippen LogP contribution >= 0.6 is 11.6 Å². The number of nitro groups is 1. The molecule has 0 spiro atoms. The lowest BCUT2D eigenvalue weighted by Crippen LogP contribution is -2.12. The monoisotopic (exact) mass is 320 g/mol. The standard InChI is InChI=1S/C15H13ClN2O4/c1-9-7-10(3-5-13(9)18(20)21)15(19)17-11-4-6-14(22-2)12(16)8-11/h3-8H,1-2H3,(H,17,19). The molecule has 114 valence electrons. The van der Waals surface area contributed by atoms with Gasteiger partial charge in [-0.3, -0.25) is 14.9 Å².